The Morgan fingerprint density at radius 1 is 1.44 bits per heavy atom. The minimum atomic E-state index is 0.750. The van der Waals surface area contributed by atoms with Crippen LogP contribution < -0.4 is 5.32 Å². The molecule has 0 radical (unpaired) electrons. The van der Waals surface area contributed by atoms with E-state index in [1.165, 1.54) is 5.01 Å². The molecule has 2 rings (SSSR count). The van der Waals surface area contributed by atoms with Gasteiger partial charge in [-0.1, -0.05) is 6.92 Å². The number of thiazole rings is 1. The molecule has 0 saturated carbocycles. The SMILES string of the molecule is CCc1nc(CNc2ccc(Br)nc2)cs1. The van der Waals surface area contributed by atoms with Gasteiger partial charge in [0.1, 0.15) is 4.60 Å². The topological polar surface area (TPSA) is 37.8 Å². The van der Waals surface area contributed by atoms with E-state index in [0.29, 0.717) is 0 Å². The molecule has 0 atom stereocenters. The lowest BCUT2D eigenvalue weighted by Gasteiger charge is -2.03. The van der Waals surface area contributed by atoms with Crippen molar-refractivity contribution in [2.45, 2.75) is 19.9 Å². The van der Waals surface area contributed by atoms with Crippen LogP contribution in [0.5, 0.6) is 0 Å². The van der Waals surface area contributed by atoms with Gasteiger partial charge < -0.3 is 5.32 Å². The van der Waals surface area contributed by atoms with Crippen molar-refractivity contribution >= 4 is 33.0 Å². The summed E-state index contributed by atoms with van der Waals surface area (Å²) in [5.74, 6) is 0. The molecule has 0 aliphatic heterocycles. The van der Waals surface area contributed by atoms with Gasteiger partial charge in [-0.2, -0.15) is 0 Å². The van der Waals surface area contributed by atoms with Crippen molar-refractivity contribution in [2.75, 3.05) is 5.32 Å². The fourth-order valence-electron chi connectivity index (χ4n) is 1.27. The zero-order chi connectivity index (χ0) is 11.4. The zero-order valence-electron chi connectivity index (χ0n) is 8.90. The summed E-state index contributed by atoms with van der Waals surface area (Å²) in [6, 6.07) is 3.91. The minimum Gasteiger partial charge on any atom is -0.378 e. The third kappa shape index (κ3) is 3.02. The first kappa shape index (κ1) is 11.5. The van der Waals surface area contributed by atoms with Crippen LogP contribution in [0.25, 0.3) is 0 Å². The molecule has 2 aromatic rings. The van der Waals surface area contributed by atoms with Crippen molar-refractivity contribution in [3.05, 3.63) is 39.0 Å². The lowest BCUT2D eigenvalue weighted by atomic mass is 10.4. The lowest BCUT2D eigenvalue weighted by Crippen LogP contribution is -2.00. The maximum absolute atomic E-state index is 4.49. The molecule has 2 aromatic heterocycles. The van der Waals surface area contributed by atoms with Crippen molar-refractivity contribution in [1.29, 1.82) is 0 Å². The Morgan fingerprint density at radius 3 is 2.94 bits per heavy atom. The van der Waals surface area contributed by atoms with Gasteiger partial charge in [-0.05, 0) is 34.5 Å². The molecule has 0 spiro atoms. The van der Waals surface area contributed by atoms with Gasteiger partial charge in [0.05, 0.1) is 29.1 Å². The first-order valence-electron chi connectivity index (χ1n) is 5.06. The molecule has 0 unspecified atom stereocenters. The zero-order valence-corrected chi connectivity index (χ0v) is 11.3. The summed E-state index contributed by atoms with van der Waals surface area (Å²) in [4.78, 5) is 8.64. The molecule has 0 saturated heterocycles. The molecule has 1 N–H and O–H groups in total. The van der Waals surface area contributed by atoms with E-state index in [2.05, 4.69) is 43.5 Å². The summed E-state index contributed by atoms with van der Waals surface area (Å²) >= 11 is 5.02. The van der Waals surface area contributed by atoms with E-state index in [0.717, 1.165) is 29.0 Å². The third-order valence-electron chi connectivity index (χ3n) is 2.10. The van der Waals surface area contributed by atoms with E-state index in [1.807, 2.05) is 12.1 Å². The average Bonchev–Trinajstić information content (AvgIpc) is 2.76. The van der Waals surface area contributed by atoms with Crippen molar-refractivity contribution < 1.29 is 0 Å². The second-order valence-corrected chi connectivity index (χ2v) is 5.06. The van der Waals surface area contributed by atoms with E-state index in [-0.39, 0.29) is 0 Å². The van der Waals surface area contributed by atoms with Crippen LogP contribution in [0.2, 0.25) is 0 Å². The predicted octanol–water partition coefficient (Wildman–Crippen LogP) is 3.48. The number of hydrogen-bond donors (Lipinski definition) is 1. The predicted molar refractivity (Wildman–Crippen MR) is 70.8 cm³/mol. The molecule has 0 aliphatic carbocycles. The van der Waals surface area contributed by atoms with Crippen molar-refractivity contribution in [2.24, 2.45) is 0 Å². The van der Waals surface area contributed by atoms with Gasteiger partial charge in [-0.3, -0.25) is 0 Å². The maximum atomic E-state index is 4.49. The van der Waals surface area contributed by atoms with Crippen molar-refractivity contribution in [3.63, 3.8) is 0 Å². The van der Waals surface area contributed by atoms with Crippen LogP contribution in [0.4, 0.5) is 5.69 Å². The molecule has 0 bridgehead atoms. The molecule has 3 nitrogen and oxygen atoms in total. The molecule has 2 heterocycles. The Balaban J connectivity index is 1.94. The Labute approximate surface area is 107 Å². The number of rotatable bonds is 4. The number of anilines is 1. The summed E-state index contributed by atoms with van der Waals surface area (Å²) in [5.41, 5.74) is 2.10. The van der Waals surface area contributed by atoms with Gasteiger partial charge in [-0.15, -0.1) is 11.3 Å². The van der Waals surface area contributed by atoms with E-state index < -0.39 is 0 Å². The quantitative estimate of drug-likeness (QED) is 0.878. The van der Waals surface area contributed by atoms with Crippen LogP contribution in [-0.2, 0) is 13.0 Å². The Morgan fingerprint density at radius 2 is 2.31 bits per heavy atom. The number of halogens is 1. The molecule has 16 heavy (non-hydrogen) atoms. The van der Waals surface area contributed by atoms with Crippen LogP contribution >= 0.6 is 27.3 Å². The summed E-state index contributed by atoms with van der Waals surface area (Å²) < 4.78 is 0.847. The molecule has 0 amide bonds. The van der Waals surface area contributed by atoms with E-state index in [9.17, 15) is 0 Å². The molecule has 0 aliphatic rings. The number of pyridine rings is 1. The summed E-state index contributed by atoms with van der Waals surface area (Å²) in [6.07, 6.45) is 2.81. The highest BCUT2D eigenvalue weighted by molar-refractivity contribution is 9.10. The molecular formula is C11H12BrN3S. The first-order valence-corrected chi connectivity index (χ1v) is 6.74. The van der Waals surface area contributed by atoms with Gasteiger partial charge >= 0.3 is 0 Å². The Bertz CT molecular complexity index is 453. The number of nitrogens with zero attached hydrogens (tertiary/aromatic N) is 2. The van der Waals surface area contributed by atoms with E-state index in [4.69, 9.17) is 0 Å². The van der Waals surface area contributed by atoms with Gasteiger partial charge in [0.2, 0.25) is 0 Å². The second-order valence-electron chi connectivity index (χ2n) is 3.31. The number of hydrogen-bond acceptors (Lipinski definition) is 4. The molecular weight excluding hydrogens is 286 g/mol. The summed E-state index contributed by atoms with van der Waals surface area (Å²) in [6.45, 7) is 2.87. The highest BCUT2D eigenvalue weighted by atomic mass is 79.9. The highest BCUT2D eigenvalue weighted by Crippen LogP contribution is 2.14. The lowest BCUT2D eigenvalue weighted by molar-refractivity contribution is 1.01. The van der Waals surface area contributed by atoms with Crippen LogP contribution in [-0.4, -0.2) is 9.97 Å². The summed E-state index contributed by atoms with van der Waals surface area (Å²) in [5, 5.41) is 6.57. The number of aryl methyl sites for hydroxylation is 1. The second kappa shape index (κ2) is 5.41. The number of nitrogens with one attached hydrogen (secondary N) is 1. The fraction of sp³-hybridized carbons (Fsp3) is 0.273. The van der Waals surface area contributed by atoms with Crippen molar-refractivity contribution in [3.8, 4) is 0 Å². The fourth-order valence-corrected chi connectivity index (χ4v) is 2.24. The van der Waals surface area contributed by atoms with Crippen LogP contribution in [0.1, 0.15) is 17.6 Å². The van der Waals surface area contributed by atoms with Crippen LogP contribution in [0, 0.1) is 0 Å². The van der Waals surface area contributed by atoms with Crippen LogP contribution in [0.15, 0.2) is 28.3 Å². The third-order valence-corrected chi connectivity index (χ3v) is 3.61. The van der Waals surface area contributed by atoms with Gasteiger partial charge in [0.15, 0.2) is 0 Å². The summed E-state index contributed by atoms with van der Waals surface area (Å²) in [7, 11) is 0. The highest BCUT2D eigenvalue weighted by Gasteiger charge is 2.00. The molecule has 84 valence electrons. The minimum absolute atomic E-state index is 0.750. The van der Waals surface area contributed by atoms with Gasteiger partial charge in [-0.25, -0.2) is 9.97 Å². The van der Waals surface area contributed by atoms with E-state index >= 15 is 0 Å². The molecule has 0 aromatic carbocycles. The normalized spacial score (nSPS) is 10.4. The smallest absolute Gasteiger partial charge is 0.106 e. The largest absolute Gasteiger partial charge is 0.378 e. The number of aromatic nitrogens is 2. The Kier molecular flexibility index (Phi) is 3.90. The maximum Gasteiger partial charge on any atom is 0.106 e. The monoisotopic (exact) mass is 297 g/mol. The van der Waals surface area contributed by atoms with Crippen molar-refractivity contribution in [1.82, 2.24) is 9.97 Å². The Hall–Kier alpha value is -0.940. The first-order chi connectivity index (χ1) is 7.78. The molecule has 0 fully saturated rings. The standard InChI is InChI=1S/C11H12BrN3S/c1-2-11-15-9(7-16-11)6-13-8-3-4-10(12)14-5-8/h3-5,7,13H,2,6H2,1H3. The average molecular weight is 298 g/mol. The van der Waals surface area contributed by atoms with Gasteiger partial charge in [0, 0.05) is 5.38 Å². The van der Waals surface area contributed by atoms with Gasteiger partial charge in [0.25, 0.3) is 0 Å². The van der Waals surface area contributed by atoms with Crippen LogP contribution in [0.3, 0.4) is 0 Å². The molecule has 5 heteroatoms. The van der Waals surface area contributed by atoms with E-state index in [1.54, 1.807) is 17.5 Å².